The van der Waals surface area contributed by atoms with Crippen molar-refractivity contribution in [3.63, 3.8) is 0 Å². The van der Waals surface area contributed by atoms with Gasteiger partial charge in [0.15, 0.2) is 5.96 Å². The van der Waals surface area contributed by atoms with Crippen molar-refractivity contribution in [2.75, 3.05) is 33.7 Å². The maximum Gasteiger partial charge on any atom is 0.190 e. The predicted molar refractivity (Wildman–Crippen MR) is 139 cm³/mol. The van der Waals surface area contributed by atoms with Gasteiger partial charge in [0.2, 0.25) is 0 Å². The van der Waals surface area contributed by atoms with E-state index in [1.807, 2.05) is 17.5 Å². The average Bonchev–Trinajstić information content (AvgIpc) is 3.41. The summed E-state index contributed by atoms with van der Waals surface area (Å²) in [6, 6.07) is 9.72. The minimum Gasteiger partial charge on any atom is -0.361 e. The van der Waals surface area contributed by atoms with Gasteiger partial charge in [0.25, 0.3) is 0 Å². The van der Waals surface area contributed by atoms with Crippen molar-refractivity contribution >= 4 is 52.2 Å². The molecule has 2 unspecified atom stereocenters. The molecule has 1 aliphatic heterocycles. The molecule has 1 fully saturated rings. The fraction of sp³-hybridized carbons (Fsp3) is 0.435. The van der Waals surface area contributed by atoms with Gasteiger partial charge in [0, 0.05) is 48.2 Å². The number of guanidine groups is 1. The highest BCUT2D eigenvalue weighted by Crippen LogP contribution is 2.36. The molecule has 3 N–H and O–H groups in total. The number of fused-ring (bicyclic) bond motifs is 1. The summed E-state index contributed by atoms with van der Waals surface area (Å²) in [7, 11) is 4.04. The van der Waals surface area contributed by atoms with E-state index in [4.69, 9.17) is 0 Å². The van der Waals surface area contributed by atoms with Gasteiger partial charge in [-0.1, -0.05) is 6.07 Å². The normalized spacial score (nSPS) is 19.9. The molecular formula is C23H31FIN5S. The lowest BCUT2D eigenvalue weighted by atomic mass is 9.88. The molecule has 1 aromatic carbocycles. The van der Waals surface area contributed by atoms with Crippen LogP contribution in [-0.2, 0) is 6.42 Å². The Kier molecular flexibility index (Phi) is 8.74. The van der Waals surface area contributed by atoms with Crippen molar-refractivity contribution in [3.05, 3.63) is 58.2 Å². The Morgan fingerprint density at radius 2 is 2.19 bits per heavy atom. The lowest BCUT2D eigenvalue weighted by molar-refractivity contribution is 0.125. The number of H-pyrrole nitrogens is 1. The Morgan fingerprint density at radius 1 is 1.32 bits per heavy atom. The number of hydrogen-bond donors (Lipinski definition) is 3. The molecule has 5 nitrogen and oxygen atoms in total. The second-order valence-electron chi connectivity index (χ2n) is 7.98. The molecule has 8 heteroatoms. The molecule has 0 saturated carbocycles. The van der Waals surface area contributed by atoms with Crippen LogP contribution in [0.15, 0.2) is 46.9 Å². The minimum absolute atomic E-state index is 0. The van der Waals surface area contributed by atoms with Crippen molar-refractivity contribution in [1.82, 2.24) is 20.5 Å². The summed E-state index contributed by atoms with van der Waals surface area (Å²) in [5.41, 5.74) is 2.08. The summed E-state index contributed by atoms with van der Waals surface area (Å²) < 4.78 is 13.6. The van der Waals surface area contributed by atoms with Crippen LogP contribution in [0, 0.1) is 11.7 Å². The summed E-state index contributed by atoms with van der Waals surface area (Å²) in [4.78, 5) is 11.5. The first-order chi connectivity index (χ1) is 14.7. The molecule has 4 rings (SSSR count). The van der Waals surface area contributed by atoms with Crippen LogP contribution >= 0.6 is 35.3 Å². The predicted octanol–water partition coefficient (Wildman–Crippen LogP) is 4.78. The molecule has 1 aliphatic rings. The topological polar surface area (TPSA) is 55.5 Å². The molecule has 168 valence electrons. The van der Waals surface area contributed by atoms with Gasteiger partial charge in [-0.3, -0.25) is 9.89 Å². The van der Waals surface area contributed by atoms with Gasteiger partial charge in [-0.2, -0.15) is 0 Å². The third-order valence-electron chi connectivity index (χ3n) is 6.01. The number of nitrogens with zero attached hydrogens (tertiary/aromatic N) is 2. The van der Waals surface area contributed by atoms with Gasteiger partial charge < -0.3 is 15.6 Å². The van der Waals surface area contributed by atoms with Gasteiger partial charge in [0.1, 0.15) is 5.82 Å². The van der Waals surface area contributed by atoms with Crippen LogP contribution in [0.3, 0.4) is 0 Å². The minimum atomic E-state index is -0.202. The largest absolute Gasteiger partial charge is 0.361 e. The Morgan fingerprint density at radius 3 is 2.97 bits per heavy atom. The quantitative estimate of drug-likeness (QED) is 0.233. The smallest absolute Gasteiger partial charge is 0.190 e. The first-order valence-corrected chi connectivity index (χ1v) is 11.5. The first-order valence-electron chi connectivity index (χ1n) is 10.6. The second-order valence-corrected chi connectivity index (χ2v) is 8.96. The fourth-order valence-corrected chi connectivity index (χ4v) is 5.49. The SMILES string of the molecule is CN=C(NCCc1c[nH]c2ccc(F)cc12)NCC1CCCN(C)C1c1cccs1.I. The molecule has 0 aliphatic carbocycles. The van der Waals surface area contributed by atoms with Crippen molar-refractivity contribution in [3.8, 4) is 0 Å². The van der Waals surface area contributed by atoms with Crippen LogP contribution < -0.4 is 10.6 Å². The number of aromatic nitrogens is 1. The molecule has 31 heavy (non-hydrogen) atoms. The molecule has 2 atom stereocenters. The number of piperidine rings is 1. The first kappa shape index (κ1) is 24.0. The summed E-state index contributed by atoms with van der Waals surface area (Å²) in [5, 5.41) is 10.0. The molecule has 3 heterocycles. The number of aromatic amines is 1. The summed E-state index contributed by atoms with van der Waals surface area (Å²) in [5.74, 6) is 1.17. The molecule has 2 aromatic heterocycles. The van der Waals surface area contributed by atoms with Crippen molar-refractivity contribution in [2.24, 2.45) is 10.9 Å². The zero-order valence-electron chi connectivity index (χ0n) is 18.0. The van der Waals surface area contributed by atoms with Crippen LogP contribution in [0.5, 0.6) is 0 Å². The lowest BCUT2D eigenvalue weighted by Gasteiger charge is -2.39. The van der Waals surface area contributed by atoms with E-state index in [0.717, 1.165) is 48.5 Å². The van der Waals surface area contributed by atoms with Crippen LogP contribution in [0.2, 0.25) is 0 Å². The monoisotopic (exact) mass is 555 g/mol. The van der Waals surface area contributed by atoms with Gasteiger partial charge in [-0.05, 0) is 74.0 Å². The average molecular weight is 556 g/mol. The number of nitrogens with one attached hydrogen (secondary N) is 3. The van der Waals surface area contributed by atoms with E-state index in [1.54, 1.807) is 19.2 Å². The van der Waals surface area contributed by atoms with Crippen LogP contribution in [0.25, 0.3) is 10.9 Å². The third kappa shape index (κ3) is 5.78. The van der Waals surface area contributed by atoms with E-state index in [1.165, 1.54) is 23.8 Å². The van der Waals surface area contributed by atoms with Crippen LogP contribution in [-0.4, -0.2) is 49.6 Å². The number of thiophene rings is 1. The van der Waals surface area contributed by atoms with Crippen LogP contribution in [0.1, 0.15) is 29.3 Å². The highest BCUT2D eigenvalue weighted by Gasteiger charge is 2.31. The number of rotatable bonds is 6. The van der Waals surface area contributed by atoms with E-state index >= 15 is 0 Å². The van der Waals surface area contributed by atoms with E-state index < -0.39 is 0 Å². The number of benzene rings is 1. The lowest BCUT2D eigenvalue weighted by Crippen LogP contribution is -2.45. The maximum absolute atomic E-state index is 13.6. The maximum atomic E-state index is 13.6. The van der Waals surface area contributed by atoms with Gasteiger partial charge in [0.05, 0.1) is 0 Å². The van der Waals surface area contributed by atoms with E-state index in [0.29, 0.717) is 12.0 Å². The number of aliphatic imine (C=N–C) groups is 1. The molecule has 0 bridgehead atoms. The Hall–Kier alpha value is -1.65. The van der Waals surface area contributed by atoms with E-state index in [-0.39, 0.29) is 29.8 Å². The van der Waals surface area contributed by atoms with Gasteiger partial charge in [-0.15, -0.1) is 35.3 Å². The van der Waals surface area contributed by atoms with Crippen molar-refractivity contribution < 1.29 is 4.39 Å². The number of hydrogen-bond acceptors (Lipinski definition) is 3. The fourth-order valence-electron chi connectivity index (χ4n) is 4.50. The molecule has 3 aromatic rings. The van der Waals surface area contributed by atoms with Crippen LogP contribution in [0.4, 0.5) is 4.39 Å². The third-order valence-corrected chi connectivity index (χ3v) is 6.96. The summed E-state index contributed by atoms with van der Waals surface area (Å²) in [6.07, 6.45) is 5.21. The molecule has 0 spiro atoms. The Balaban J connectivity index is 0.00000272. The highest BCUT2D eigenvalue weighted by atomic mass is 127. The summed E-state index contributed by atoms with van der Waals surface area (Å²) >= 11 is 1.85. The summed E-state index contributed by atoms with van der Waals surface area (Å²) in [6.45, 7) is 2.78. The second kappa shape index (κ2) is 11.3. The zero-order chi connectivity index (χ0) is 20.9. The number of halogens is 2. The van der Waals surface area contributed by atoms with Crippen molar-refractivity contribution in [2.45, 2.75) is 25.3 Å². The molecule has 0 amide bonds. The molecular weight excluding hydrogens is 524 g/mol. The Bertz CT molecular complexity index is 987. The van der Waals surface area contributed by atoms with E-state index in [2.05, 4.69) is 50.1 Å². The zero-order valence-corrected chi connectivity index (χ0v) is 21.2. The van der Waals surface area contributed by atoms with E-state index in [9.17, 15) is 4.39 Å². The van der Waals surface area contributed by atoms with Gasteiger partial charge in [-0.25, -0.2) is 4.39 Å². The standard InChI is InChI=1S/C23H30FN5S.HI/c1-25-23(26-10-9-16-14-27-20-8-7-18(24)13-19(16)20)28-15-17-5-3-11-29(2)22(17)21-6-4-12-30-21;/h4,6-8,12-14,17,22,27H,3,5,9-11,15H2,1-2H3,(H2,25,26,28);1H. The number of likely N-dealkylation sites (tertiary alicyclic amines) is 1. The van der Waals surface area contributed by atoms with Gasteiger partial charge >= 0.3 is 0 Å². The molecule has 0 radical (unpaired) electrons. The molecule has 1 saturated heterocycles. The highest BCUT2D eigenvalue weighted by molar-refractivity contribution is 14.0. The Labute approximate surface area is 204 Å². The van der Waals surface area contributed by atoms with Crippen molar-refractivity contribution in [1.29, 1.82) is 0 Å².